The Morgan fingerprint density at radius 3 is 1.33 bits per heavy atom. The first kappa shape index (κ1) is 23.8. The molecular formula is C5H18N2O2. The van der Waals surface area contributed by atoms with Crippen molar-refractivity contribution in [3.63, 3.8) is 0 Å². The van der Waals surface area contributed by atoms with E-state index in [4.69, 9.17) is 9.90 Å². The summed E-state index contributed by atoms with van der Waals surface area (Å²) in [5, 5.41) is 7.42. The fourth-order valence-electron chi connectivity index (χ4n) is 0. The van der Waals surface area contributed by atoms with Crippen LogP contribution in [0.3, 0.4) is 0 Å². The molecule has 4 heteroatoms. The van der Waals surface area contributed by atoms with Crippen LogP contribution < -0.4 is 12.3 Å². The molecular weight excluding hydrogens is 120 g/mol. The van der Waals surface area contributed by atoms with Crippen LogP contribution in [0.25, 0.3) is 0 Å². The highest BCUT2D eigenvalue weighted by Crippen LogP contribution is 1.56. The normalized spacial score (nSPS) is 4.78. The Kier molecular flexibility index (Phi) is 69.4. The molecule has 0 aromatic heterocycles. The van der Waals surface area contributed by atoms with Gasteiger partial charge in [-0.05, 0) is 0 Å². The Morgan fingerprint density at radius 2 is 1.33 bits per heavy atom. The highest BCUT2D eigenvalue weighted by Gasteiger charge is 1.65. The van der Waals surface area contributed by atoms with Crippen molar-refractivity contribution in [1.29, 1.82) is 0 Å². The monoisotopic (exact) mass is 138 g/mol. The number of carbonyl (C=O) groups is 1. The highest BCUT2D eigenvalue weighted by molar-refractivity contribution is 5.62. The first-order valence-corrected chi connectivity index (χ1v) is 2.34. The lowest BCUT2D eigenvalue weighted by Crippen LogP contribution is -1.78. The summed E-state index contributed by atoms with van der Waals surface area (Å²) in [4.78, 5) is 9.00. The second kappa shape index (κ2) is 26.3. The summed E-state index contributed by atoms with van der Waals surface area (Å²) in [5.74, 6) is -0.833. The van der Waals surface area contributed by atoms with Gasteiger partial charge in [0.25, 0.3) is 5.97 Å². The largest absolute Gasteiger partial charge is 0.481 e. The Bertz CT molecular complexity index is 44.2. The van der Waals surface area contributed by atoms with Crippen molar-refractivity contribution in [2.45, 2.75) is 27.2 Å². The number of aliphatic carboxylic acids is 1. The van der Waals surface area contributed by atoms with Gasteiger partial charge in [0.2, 0.25) is 0 Å². The molecule has 4 nitrogen and oxygen atoms in total. The molecule has 0 spiro atoms. The van der Waals surface area contributed by atoms with Crippen molar-refractivity contribution < 1.29 is 9.90 Å². The molecule has 0 amide bonds. The topological polar surface area (TPSA) is 107 Å². The number of hydrogen-bond acceptors (Lipinski definition) is 3. The second-order valence-electron chi connectivity index (χ2n) is 1.23. The molecule has 0 saturated carbocycles. The predicted molar refractivity (Wildman–Crippen MR) is 39.3 cm³/mol. The van der Waals surface area contributed by atoms with Gasteiger partial charge in [-0.15, -0.1) is 0 Å². The zero-order valence-corrected chi connectivity index (χ0v) is 6.48. The second-order valence-corrected chi connectivity index (χ2v) is 1.23. The van der Waals surface area contributed by atoms with Gasteiger partial charge in [0.15, 0.2) is 0 Å². The Labute approximate surface area is 56.4 Å². The maximum absolute atomic E-state index is 9.00. The number of hydrogen-bond donors (Lipinski definition) is 3. The SMILES string of the molecule is CC(=O)O.CCC.N.N. The predicted octanol–water partition coefficient (Wildman–Crippen LogP) is 1.83. The van der Waals surface area contributed by atoms with Crippen molar-refractivity contribution in [1.82, 2.24) is 12.3 Å². The lowest BCUT2D eigenvalue weighted by Gasteiger charge is -1.59. The van der Waals surface area contributed by atoms with E-state index in [0.717, 1.165) is 6.92 Å². The molecule has 0 rings (SSSR count). The van der Waals surface area contributed by atoms with Crippen molar-refractivity contribution in [3.8, 4) is 0 Å². The molecule has 0 atom stereocenters. The van der Waals surface area contributed by atoms with Gasteiger partial charge in [-0.3, -0.25) is 4.79 Å². The summed E-state index contributed by atoms with van der Waals surface area (Å²) in [7, 11) is 0. The zero-order chi connectivity index (χ0) is 6.28. The van der Waals surface area contributed by atoms with Gasteiger partial charge in [-0.25, -0.2) is 0 Å². The molecule has 60 valence electrons. The smallest absolute Gasteiger partial charge is 0.300 e. The van der Waals surface area contributed by atoms with Crippen LogP contribution in [0.1, 0.15) is 27.2 Å². The molecule has 0 heterocycles. The van der Waals surface area contributed by atoms with Gasteiger partial charge in [0, 0.05) is 6.92 Å². The van der Waals surface area contributed by atoms with E-state index in [0.29, 0.717) is 0 Å². The van der Waals surface area contributed by atoms with E-state index in [-0.39, 0.29) is 12.3 Å². The van der Waals surface area contributed by atoms with E-state index in [9.17, 15) is 0 Å². The van der Waals surface area contributed by atoms with E-state index in [1.54, 1.807) is 0 Å². The summed E-state index contributed by atoms with van der Waals surface area (Å²) >= 11 is 0. The van der Waals surface area contributed by atoms with E-state index in [2.05, 4.69) is 13.8 Å². The molecule has 7 N–H and O–H groups in total. The van der Waals surface area contributed by atoms with Gasteiger partial charge in [-0.2, -0.15) is 0 Å². The molecule has 0 aromatic carbocycles. The molecule has 9 heavy (non-hydrogen) atoms. The number of carboxylic acids is 1. The third-order valence-electron chi connectivity index (χ3n) is 0. The molecule has 0 bridgehead atoms. The molecule has 0 aromatic rings. The quantitative estimate of drug-likeness (QED) is 0.474. The van der Waals surface area contributed by atoms with E-state index in [1.165, 1.54) is 6.42 Å². The number of rotatable bonds is 0. The molecule has 0 unspecified atom stereocenters. The summed E-state index contributed by atoms with van der Waals surface area (Å²) in [6.45, 7) is 5.33. The van der Waals surface area contributed by atoms with Gasteiger partial charge in [-0.1, -0.05) is 20.3 Å². The highest BCUT2D eigenvalue weighted by atomic mass is 16.4. The first-order valence-electron chi connectivity index (χ1n) is 2.34. The van der Waals surface area contributed by atoms with Gasteiger partial charge >= 0.3 is 0 Å². The van der Waals surface area contributed by atoms with Crippen molar-refractivity contribution in [2.75, 3.05) is 0 Å². The van der Waals surface area contributed by atoms with Crippen LogP contribution in [-0.2, 0) is 4.79 Å². The molecule has 0 aliphatic rings. The molecule has 0 aliphatic carbocycles. The minimum Gasteiger partial charge on any atom is -0.481 e. The summed E-state index contributed by atoms with van der Waals surface area (Å²) in [6.07, 6.45) is 1.25. The third kappa shape index (κ3) is 577. The third-order valence-corrected chi connectivity index (χ3v) is 0. The van der Waals surface area contributed by atoms with Crippen LogP contribution in [0.15, 0.2) is 0 Å². The molecule has 0 saturated heterocycles. The molecule has 0 radical (unpaired) electrons. The van der Waals surface area contributed by atoms with Gasteiger partial charge < -0.3 is 17.4 Å². The first-order chi connectivity index (χ1) is 3.15. The van der Waals surface area contributed by atoms with E-state index < -0.39 is 5.97 Å². The Balaban J connectivity index is -0.0000000233. The van der Waals surface area contributed by atoms with Crippen LogP contribution in [0.5, 0.6) is 0 Å². The lowest BCUT2D eigenvalue weighted by molar-refractivity contribution is -0.134. The standard InChI is InChI=1S/C3H8.C2H4O2.2H3N/c1-3-2;1-2(3)4;;/h3H2,1-2H3;1H3,(H,3,4);2*1H3. The summed E-state index contributed by atoms with van der Waals surface area (Å²) in [5.41, 5.74) is 0. The van der Waals surface area contributed by atoms with Gasteiger partial charge in [0.1, 0.15) is 0 Å². The van der Waals surface area contributed by atoms with Crippen molar-refractivity contribution in [2.24, 2.45) is 0 Å². The fraction of sp³-hybridized carbons (Fsp3) is 0.800. The zero-order valence-electron chi connectivity index (χ0n) is 6.48. The summed E-state index contributed by atoms with van der Waals surface area (Å²) < 4.78 is 0. The van der Waals surface area contributed by atoms with Crippen LogP contribution >= 0.6 is 0 Å². The Hall–Kier alpha value is -0.610. The average Bonchev–Trinajstić information content (AvgIpc) is 1.33. The average molecular weight is 138 g/mol. The van der Waals surface area contributed by atoms with E-state index >= 15 is 0 Å². The van der Waals surface area contributed by atoms with Crippen LogP contribution in [0.2, 0.25) is 0 Å². The van der Waals surface area contributed by atoms with Gasteiger partial charge in [0.05, 0.1) is 0 Å². The lowest BCUT2D eigenvalue weighted by atomic mass is 10.6. The van der Waals surface area contributed by atoms with E-state index in [1.807, 2.05) is 0 Å². The maximum Gasteiger partial charge on any atom is 0.300 e. The minimum atomic E-state index is -0.833. The molecule has 0 aliphatic heterocycles. The summed E-state index contributed by atoms with van der Waals surface area (Å²) in [6, 6.07) is 0. The van der Waals surface area contributed by atoms with Crippen LogP contribution in [0.4, 0.5) is 0 Å². The Morgan fingerprint density at radius 1 is 1.33 bits per heavy atom. The maximum atomic E-state index is 9.00. The minimum absolute atomic E-state index is 0. The molecule has 0 fully saturated rings. The fourth-order valence-corrected chi connectivity index (χ4v) is 0. The number of carboxylic acid groups (broad SMARTS) is 1. The van der Waals surface area contributed by atoms with Crippen LogP contribution in [-0.4, -0.2) is 11.1 Å². The van der Waals surface area contributed by atoms with Crippen LogP contribution in [0, 0.1) is 0 Å². The van der Waals surface area contributed by atoms with Crippen molar-refractivity contribution >= 4 is 5.97 Å². The van der Waals surface area contributed by atoms with Crippen molar-refractivity contribution in [3.05, 3.63) is 0 Å².